The Labute approximate surface area is 116 Å². The first-order valence-corrected chi connectivity index (χ1v) is 6.59. The first-order chi connectivity index (χ1) is 9.16. The van der Waals surface area contributed by atoms with E-state index in [1.54, 1.807) is 6.20 Å². The first kappa shape index (κ1) is 12.6. The van der Waals surface area contributed by atoms with Gasteiger partial charge in [0.2, 0.25) is 0 Å². The standard InChI is InChI=1S/C13H15ClN4O/c14-11-3-1-2-10(6-11)8-18-5-4-13(19,9-18)12-7-15-17-16-12/h1-3,6-7,19H,4-5,8-9H2,(H,15,16,17). The molecule has 1 aromatic carbocycles. The molecule has 1 saturated heterocycles. The summed E-state index contributed by atoms with van der Waals surface area (Å²) in [7, 11) is 0. The fourth-order valence-corrected chi connectivity index (χ4v) is 2.75. The second kappa shape index (κ2) is 4.92. The lowest BCUT2D eigenvalue weighted by Crippen LogP contribution is -2.31. The van der Waals surface area contributed by atoms with Crippen molar-refractivity contribution in [1.29, 1.82) is 0 Å². The lowest BCUT2D eigenvalue weighted by Gasteiger charge is -2.21. The van der Waals surface area contributed by atoms with Crippen LogP contribution in [-0.2, 0) is 12.1 Å². The Balaban J connectivity index is 1.69. The number of β-amino-alcohol motifs (C(OH)–C–C–N with tert-alkyl or cyclic N) is 1. The lowest BCUT2D eigenvalue weighted by molar-refractivity contribution is 0.0409. The summed E-state index contributed by atoms with van der Waals surface area (Å²) in [5.74, 6) is 0. The SMILES string of the molecule is OC1(c2cn[nH]n2)CCN(Cc2cccc(Cl)c2)C1. The molecule has 1 atom stereocenters. The highest BCUT2D eigenvalue weighted by Crippen LogP contribution is 2.31. The predicted molar refractivity (Wildman–Crippen MR) is 71.6 cm³/mol. The highest BCUT2D eigenvalue weighted by atomic mass is 35.5. The van der Waals surface area contributed by atoms with Crippen LogP contribution in [0.3, 0.4) is 0 Å². The Kier molecular flexibility index (Phi) is 3.26. The van der Waals surface area contributed by atoms with Crippen LogP contribution in [-0.4, -0.2) is 38.5 Å². The van der Waals surface area contributed by atoms with Crippen molar-refractivity contribution in [3.63, 3.8) is 0 Å². The molecule has 2 heterocycles. The van der Waals surface area contributed by atoms with Gasteiger partial charge in [-0.1, -0.05) is 23.7 Å². The summed E-state index contributed by atoms with van der Waals surface area (Å²) in [5, 5.41) is 21.6. The number of aliphatic hydroxyl groups is 1. The number of hydrogen-bond donors (Lipinski definition) is 2. The molecule has 0 radical (unpaired) electrons. The first-order valence-electron chi connectivity index (χ1n) is 6.21. The van der Waals surface area contributed by atoms with Gasteiger partial charge in [0, 0.05) is 24.7 Å². The highest BCUT2D eigenvalue weighted by molar-refractivity contribution is 6.30. The van der Waals surface area contributed by atoms with Gasteiger partial charge in [0.25, 0.3) is 0 Å². The van der Waals surface area contributed by atoms with Crippen molar-refractivity contribution in [2.75, 3.05) is 13.1 Å². The van der Waals surface area contributed by atoms with Crippen LogP contribution < -0.4 is 0 Å². The molecule has 1 fully saturated rings. The van der Waals surface area contributed by atoms with Gasteiger partial charge in [-0.25, -0.2) is 0 Å². The molecule has 1 unspecified atom stereocenters. The summed E-state index contributed by atoms with van der Waals surface area (Å²) < 4.78 is 0. The van der Waals surface area contributed by atoms with Crippen LogP contribution in [0.25, 0.3) is 0 Å². The number of aromatic amines is 1. The van der Waals surface area contributed by atoms with E-state index >= 15 is 0 Å². The Morgan fingerprint density at radius 1 is 1.47 bits per heavy atom. The fraction of sp³-hybridized carbons (Fsp3) is 0.385. The summed E-state index contributed by atoms with van der Waals surface area (Å²) in [4.78, 5) is 2.19. The van der Waals surface area contributed by atoms with Gasteiger partial charge in [0.1, 0.15) is 11.3 Å². The van der Waals surface area contributed by atoms with E-state index in [4.69, 9.17) is 11.6 Å². The molecule has 5 nitrogen and oxygen atoms in total. The second-order valence-electron chi connectivity index (χ2n) is 4.98. The molecule has 3 rings (SSSR count). The van der Waals surface area contributed by atoms with Crippen LogP contribution in [0.5, 0.6) is 0 Å². The molecule has 2 aromatic rings. The fourth-order valence-electron chi connectivity index (χ4n) is 2.53. The van der Waals surface area contributed by atoms with Crippen molar-refractivity contribution >= 4 is 11.6 Å². The number of halogens is 1. The Morgan fingerprint density at radius 3 is 3.11 bits per heavy atom. The van der Waals surface area contributed by atoms with E-state index in [0.29, 0.717) is 18.7 Å². The number of benzene rings is 1. The molecule has 19 heavy (non-hydrogen) atoms. The van der Waals surface area contributed by atoms with Crippen LogP contribution in [0.1, 0.15) is 17.7 Å². The number of nitrogens with one attached hydrogen (secondary N) is 1. The van der Waals surface area contributed by atoms with Crippen molar-refractivity contribution in [3.05, 3.63) is 46.7 Å². The molecule has 100 valence electrons. The number of hydrogen-bond acceptors (Lipinski definition) is 4. The van der Waals surface area contributed by atoms with Gasteiger partial charge < -0.3 is 5.11 Å². The zero-order chi connectivity index (χ0) is 13.3. The third-order valence-corrected chi connectivity index (χ3v) is 3.75. The maximum absolute atomic E-state index is 10.6. The molecule has 0 spiro atoms. The molecule has 0 bridgehead atoms. The quantitative estimate of drug-likeness (QED) is 0.894. The molecule has 2 N–H and O–H groups in total. The number of H-pyrrole nitrogens is 1. The van der Waals surface area contributed by atoms with Crippen LogP contribution in [0.2, 0.25) is 5.02 Å². The summed E-state index contributed by atoms with van der Waals surface area (Å²) in [5.41, 5.74) is 0.865. The minimum absolute atomic E-state index is 0.562. The minimum atomic E-state index is -0.897. The van der Waals surface area contributed by atoms with Gasteiger partial charge in [0.05, 0.1) is 6.20 Å². The van der Waals surface area contributed by atoms with Gasteiger partial charge in [0.15, 0.2) is 0 Å². The predicted octanol–water partition coefficient (Wildman–Crippen LogP) is 1.55. The third kappa shape index (κ3) is 2.63. The van der Waals surface area contributed by atoms with E-state index < -0.39 is 5.60 Å². The van der Waals surface area contributed by atoms with Crippen LogP contribution >= 0.6 is 11.6 Å². The van der Waals surface area contributed by atoms with Gasteiger partial charge in [-0.2, -0.15) is 15.4 Å². The normalized spacial score (nSPS) is 23.9. The summed E-state index contributed by atoms with van der Waals surface area (Å²) in [6.45, 7) is 2.17. The number of likely N-dealkylation sites (tertiary alicyclic amines) is 1. The molecule has 0 saturated carbocycles. The monoisotopic (exact) mass is 278 g/mol. The molecular formula is C13H15ClN4O. The van der Waals surface area contributed by atoms with E-state index in [1.807, 2.05) is 24.3 Å². The van der Waals surface area contributed by atoms with E-state index in [1.165, 1.54) is 0 Å². The number of rotatable bonds is 3. The van der Waals surface area contributed by atoms with Crippen molar-refractivity contribution in [3.8, 4) is 0 Å². The van der Waals surface area contributed by atoms with E-state index in [9.17, 15) is 5.11 Å². The smallest absolute Gasteiger partial charge is 0.124 e. The van der Waals surface area contributed by atoms with Crippen molar-refractivity contribution in [2.45, 2.75) is 18.6 Å². The van der Waals surface area contributed by atoms with Crippen molar-refractivity contribution < 1.29 is 5.11 Å². The molecule has 0 aliphatic carbocycles. The number of nitrogens with zero attached hydrogens (tertiary/aromatic N) is 3. The largest absolute Gasteiger partial charge is 0.382 e. The van der Waals surface area contributed by atoms with Crippen LogP contribution in [0, 0.1) is 0 Å². The second-order valence-corrected chi connectivity index (χ2v) is 5.41. The average Bonchev–Trinajstić information content (AvgIpc) is 3.00. The minimum Gasteiger partial charge on any atom is -0.382 e. The Hall–Kier alpha value is -1.43. The van der Waals surface area contributed by atoms with Gasteiger partial charge >= 0.3 is 0 Å². The maximum Gasteiger partial charge on any atom is 0.124 e. The van der Waals surface area contributed by atoms with Crippen molar-refractivity contribution in [1.82, 2.24) is 20.3 Å². The summed E-state index contributed by atoms with van der Waals surface area (Å²) in [6.07, 6.45) is 2.25. The topological polar surface area (TPSA) is 65.0 Å². The summed E-state index contributed by atoms with van der Waals surface area (Å²) in [6, 6.07) is 7.80. The Bertz CT molecular complexity index is 560. The average molecular weight is 279 g/mol. The van der Waals surface area contributed by atoms with Crippen LogP contribution in [0.4, 0.5) is 0 Å². The Morgan fingerprint density at radius 2 is 2.37 bits per heavy atom. The molecular weight excluding hydrogens is 264 g/mol. The third-order valence-electron chi connectivity index (χ3n) is 3.51. The van der Waals surface area contributed by atoms with E-state index in [-0.39, 0.29) is 0 Å². The zero-order valence-electron chi connectivity index (χ0n) is 10.4. The molecule has 1 aliphatic heterocycles. The van der Waals surface area contributed by atoms with Crippen molar-refractivity contribution in [2.24, 2.45) is 0 Å². The van der Waals surface area contributed by atoms with E-state index in [2.05, 4.69) is 20.3 Å². The lowest BCUT2D eigenvalue weighted by atomic mass is 10.00. The number of aromatic nitrogens is 3. The highest BCUT2D eigenvalue weighted by Gasteiger charge is 2.39. The van der Waals surface area contributed by atoms with E-state index in [0.717, 1.165) is 23.7 Å². The molecule has 1 aromatic heterocycles. The van der Waals surface area contributed by atoms with Gasteiger partial charge in [-0.15, -0.1) is 0 Å². The zero-order valence-corrected chi connectivity index (χ0v) is 11.1. The molecule has 0 amide bonds. The van der Waals surface area contributed by atoms with Crippen LogP contribution in [0.15, 0.2) is 30.5 Å². The van der Waals surface area contributed by atoms with Gasteiger partial charge in [-0.3, -0.25) is 4.90 Å². The molecule has 1 aliphatic rings. The summed E-state index contributed by atoms with van der Waals surface area (Å²) >= 11 is 5.98. The maximum atomic E-state index is 10.6. The van der Waals surface area contributed by atoms with Gasteiger partial charge in [-0.05, 0) is 24.1 Å². The molecule has 6 heteroatoms.